The Morgan fingerprint density at radius 2 is 0.745 bits per heavy atom. The van der Waals surface area contributed by atoms with E-state index in [1.165, 1.54) is 0 Å². The van der Waals surface area contributed by atoms with Gasteiger partial charge in [0, 0.05) is 13.0 Å². The fourth-order valence-electron chi connectivity index (χ4n) is 12.5. The first kappa shape index (κ1) is 80.2. The van der Waals surface area contributed by atoms with Crippen LogP contribution >= 0.6 is 0 Å². The van der Waals surface area contributed by atoms with Crippen molar-refractivity contribution in [2.75, 3.05) is 33.0 Å². The molecule has 0 aromatic heterocycles. The van der Waals surface area contributed by atoms with Gasteiger partial charge in [0.25, 0.3) is 0 Å². The number of ether oxygens (including phenoxy) is 10. The van der Waals surface area contributed by atoms with Crippen molar-refractivity contribution in [3.8, 4) is 69.0 Å². The zero-order chi connectivity index (χ0) is 71.6. The Morgan fingerprint density at radius 1 is 0.333 bits per heavy atom. The Kier molecular flexibility index (Phi) is 35.8. The van der Waals surface area contributed by atoms with E-state index in [9.17, 15) is 0 Å². The summed E-state index contributed by atoms with van der Waals surface area (Å²) < 4.78 is 75.7. The van der Waals surface area contributed by atoms with Crippen LogP contribution in [-0.4, -0.2) is 67.2 Å². The third kappa shape index (κ3) is 24.3. The van der Waals surface area contributed by atoms with Crippen LogP contribution in [0, 0.1) is 0 Å². The zero-order valence-electron chi connectivity index (χ0n) is 62.3. The molecular weight excluding hydrogens is 1280 g/mol. The first-order valence-electron chi connectivity index (χ1n) is 38.7. The van der Waals surface area contributed by atoms with Gasteiger partial charge in [-0.3, -0.25) is 0 Å². The molecule has 0 aliphatic heterocycles. The van der Waals surface area contributed by atoms with Gasteiger partial charge in [-0.05, 0) is 143 Å². The maximum atomic E-state index is 8.14. The van der Waals surface area contributed by atoms with Crippen LogP contribution in [0.3, 0.4) is 0 Å². The molecule has 1 aliphatic rings. The fourth-order valence-corrected chi connectivity index (χ4v) is 12.5. The molecule has 7 aromatic rings. The molecule has 1 aliphatic carbocycles. The molecule has 0 heterocycles. The monoisotopic (exact) mass is 1400 g/mol. The van der Waals surface area contributed by atoms with Gasteiger partial charge in [-0.2, -0.15) is 4.84 Å². The van der Waals surface area contributed by atoms with Crippen LogP contribution in [0.4, 0.5) is 0 Å². The summed E-state index contributed by atoms with van der Waals surface area (Å²) in [6.45, 7) is 16.1. The molecule has 0 saturated heterocycles. The van der Waals surface area contributed by atoms with Crippen molar-refractivity contribution in [2.24, 2.45) is 0 Å². The lowest BCUT2D eigenvalue weighted by molar-refractivity contribution is -0.641. The van der Waals surface area contributed by atoms with E-state index in [-0.39, 0.29) is 86.5 Å². The van der Waals surface area contributed by atoms with E-state index in [1.807, 2.05) is 189 Å². The van der Waals surface area contributed by atoms with Gasteiger partial charge < -0.3 is 57.0 Å². The van der Waals surface area contributed by atoms with Gasteiger partial charge >= 0.3 is 5.97 Å². The Labute approximate surface area is 610 Å². The van der Waals surface area contributed by atoms with Gasteiger partial charge in [-0.1, -0.05) is 260 Å². The van der Waals surface area contributed by atoms with E-state index in [1.54, 1.807) is 0 Å². The van der Waals surface area contributed by atoms with Gasteiger partial charge in [0.1, 0.15) is 39.4 Å². The zero-order valence-corrected chi connectivity index (χ0v) is 62.3. The summed E-state index contributed by atoms with van der Waals surface area (Å²) in [7, 11) is 0. The maximum absolute atomic E-state index is 8.14. The molecule has 0 amide bonds. The smallest absolute Gasteiger partial charge is 0.385 e. The molecule has 0 N–H and O–H groups in total. The highest BCUT2D eigenvalue weighted by molar-refractivity contribution is 5.75. The molecule has 7 aromatic carbocycles. The summed E-state index contributed by atoms with van der Waals surface area (Å²) in [4.78, 5) is 30.3. The highest BCUT2D eigenvalue weighted by Crippen LogP contribution is 2.62. The highest BCUT2D eigenvalue weighted by Gasteiger charge is 2.73. The van der Waals surface area contributed by atoms with Crippen molar-refractivity contribution in [3.63, 3.8) is 0 Å². The predicted octanol–water partition coefficient (Wildman–Crippen LogP) is 24.2. The molecular formula is C86H118N2O14. The van der Waals surface area contributed by atoms with E-state index >= 15 is 0 Å². The normalized spacial score (nSPS) is 14.3. The lowest BCUT2D eigenvalue weighted by Crippen LogP contribution is -2.77. The first-order valence-corrected chi connectivity index (χ1v) is 38.7. The van der Waals surface area contributed by atoms with Crippen LogP contribution < -0.4 is 42.8 Å². The molecule has 8 rings (SSSR count). The third-order valence-corrected chi connectivity index (χ3v) is 18.0. The second-order valence-electron chi connectivity index (χ2n) is 26.3. The van der Waals surface area contributed by atoms with Crippen LogP contribution in [0.2, 0.25) is 0 Å². The van der Waals surface area contributed by atoms with Gasteiger partial charge in [0.05, 0.1) is 32.5 Å². The average molecular weight is 1400 g/mol. The summed E-state index contributed by atoms with van der Waals surface area (Å²) in [6, 6.07) is 57.3. The van der Waals surface area contributed by atoms with Gasteiger partial charge in [-0.15, -0.1) is 0 Å². The molecule has 16 heteroatoms. The van der Waals surface area contributed by atoms with Crippen molar-refractivity contribution < 1.29 is 66.7 Å². The molecule has 102 heavy (non-hydrogen) atoms. The number of rotatable bonds is 54. The van der Waals surface area contributed by atoms with Gasteiger partial charge in [0.15, 0.2) is 5.75 Å². The summed E-state index contributed by atoms with van der Waals surface area (Å²) in [6.07, 6.45) is 23.1. The maximum Gasteiger partial charge on any atom is 0.385 e. The molecule has 0 spiro atoms. The molecule has 16 nitrogen and oxygen atoms in total. The molecule has 556 valence electrons. The second kappa shape index (κ2) is 45.5. The van der Waals surface area contributed by atoms with E-state index in [0.29, 0.717) is 73.0 Å². The predicted molar refractivity (Wildman–Crippen MR) is 403 cm³/mol. The number of para-hydroxylation sites is 6. The minimum atomic E-state index is -2.53. The van der Waals surface area contributed by atoms with Gasteiger partial charge in [0.2, 0.25) is 45.9 Å². The van der Waals surface area contributed by atoms with E-state index < -0.39 is 17.4 Å². The van der Waals surface area contributed by atoms with Crippen molar-refractivity contribution in [3.05, 3.63) is 182 Å². The summed E-state index contributed by atoms with van der Waals surface area (Å²) in [5.41, 5.74) is -1.94. The quantitative estimate of drug-likeness (QED) is 0.0203. The molecule has 3 atom stereocenters. The van der Waals surface area contributed by atoms with Crippen molar-refractivity contribution in [2.45, 2.75) is 252 Å². The topological polar surface area (TPSA) is 136 Å². The molecule has 3 unspecified atom stereocenters. The lowest BCUT2D eigenvalue weighted by Gasteiger charge is -2.55. The minimum Gasteiger partial charge on any atom is -0.486 e. The highest BCUT2D eigenvalue weighted by atomic mass is 17.2. The number of nitrogens with zero attached hydrogens (tertiary/aromatic N) is 2. The number of unbranched alkanes of at least 4 members (excludes halogenated alkanes) is 15. The van der Waals surface area contributed by atoms with E-state index in [2.05, 4.69) is 41.5 Å². The van der Waals surface area contributed by atoms with Crippen molar-refractivity contribution in [1.82, 2.24) is 10.7 Å². The third-order valence-electron chi connectivity index (χ3n) is 18.0. The number of hydrogen-bond acceptors (Lipinski definition) is 16. The van der Waals surface area contributed by atoms with Crippen LogP contribution in [0.15, 0.2) is 182 Å². The Bertz CT molecular complexity index is 3300. The van der Waals surface area contributed by atoms with E-state index in [0.717, 1.165) is 139 Å². The Hall–Kier alpha value is -7.54. The SMILES string of the molecule is CCCCCCCCON(Oc1ccccc1)N(Oc1c(Oc2ccccc2)c(OCCCCCCC)c(Oc2ccccc2)c(OC2CCCCC2)c1Oc1ccccc1)OC(OCCCCCC)(Oc1ccccc1)C(CC)(OCCCCC)C(CCC)(OCCCC)Oc1ccccc1. The second-order valence-corrected chi connectivity index (χ2v) is 26.3. The molecule has 0 radical (unpaired) electrons. The van der Waals surface area contributed by atoms with Gasteiger partial charge in [-0.25, -0.2) is 4.84 Å². The van der Waals surface area contributed by atoms with Crippen molar-refractivity contribution in [1.29, 1.82) is 0 Å². The lowest BCUT2D eigenvalue weighted by atomic mass is 9.82. The number of hydrazine groups is 1. The van der Waals surface area contributed by atoms with Crippen LogP contribution in [-0.2, 0) is 23.9 Å². The first-order chi connectivity index (χ1) is 50.3. The molecule has 1 saturated carbocycles. The largest absolute Gasteiger partial charge is 0.486 e. The summed E-state index contributed by atoms with van der Waals surface area (Å²) in [5.74, 6) is -1.08. The molecule has 0 bridgehead atoms. The fraction of sp³-hybridized carbons (Fsp3) is 0.512. The van der Waals surface area contributed by atoms with Crippen LogP contribution in [0.1, 0.15) is 228 Å². The van der Waals surface area contributed by atoms with Crippen LogP contribution in [0.5, 0.6) is 69.0 Å². The summed E-state index contributed by atoms with van der Waals surface area (Å²) >= 11 is 0. The van der Waals surface area contributed by atoms with Crippen LogP contribution in [0.25, 0.3) is 0 Å². The van der Waals surface area contributed by atoms with Crippen molar-refractivity contribution >= 4 is 0 Å². The number of benzene rings is 7. The standard InChI is InChI=1S/C86H118N2O14/c1-8-15-20-23-25-50-70-93-87(100-77-63-45-32-46-64-77)88(102-86(92-69-49-22-17-10-3,99-76-61-43-31-44-62-76)84(14-7,90-68-47-18-11-4)85(65-13-6,91-67-19-12-5)98-75-59-41-30-42-60-75)101-83-80(95-72-53-35-27-36-54-72)78(89-66-48-24-21-16-9-2)79(94-71-51-33-26-34-52-71)81(96-73-55-37-28-38-56-73)82(83)97-74-57-39-29-40-58-74/h26-27,29-36,39-46,51-54,57-64,73H,8-25,28,37-38,47-50,55-56,65-70H2,1-7H3. The number of hydrogen-bond donors (Lipinski definition) is 0. The van der Waals surface area contributed by atoms with E-state index in [4.69, 9.17) is 66.7 Å². The Morgan fingerprint density at radius 3 is 1.26 bits per heavy atom. The summed E-state index contributed by atoms with van der Waals surface area (Å²) in [5, 5.41) is 2.13. The molecule has 1 fully saturated rings. The Balaban J connectivity index is 1.55. The average Bonchev–Trinajstić information content (AvgIpc) is 0.716. The minimum absolute atomic E-state index is 0.0371.